The van der Waals surface area contributed by atoms with Gasteiger partial charge in [-0.25, -0.2) is 0 Å². The summed E-state index contributed by atoms with van der Waals surface area (Å²) in [4.78, 5) is 2.32. The van der Waals surface area contributed by atoms with Crippen LogP contribution in [0.5, 0.6) is 0 Å². The molecule has 7 aromatic carbocycles. The van der Waals surface area contributed by atoms with E-state index >= 15 is 0 Å². The number of para-hydroxylation sites is 2. The Morgan fingerprint density at radius 3 is 1.39 bits per heavy atom. The summed E-state index contributed by atoms with van der Waals surface area (Å²) in [6, 6.07) is 60.4. The maximum absolute atomic E-state index is 2.44. The lowest BCUT2D eigenvalue weighted by atomic mass is 9.70. The monoisotopic (exact) mass is 586 g/mol. The second kappa shape index (κ2) is 9.32. The highest BCUT2D eigenvalue weighted by Crippen LogP contribution is 2.63. The van der Waals surface area contributed by atoms with Crippen LogP contribution in [-0.4, -0.2) is 11.6 Å². The van der Waals surface area contributed by atoms with Crippen molar-refractivity contribution in [3.05, 3.63) is 186 Å². The van der Waals surface area contributed by atoms with Gasteiger partial charge in [-0.15, -0.1) is 0 Å². The third kappa shape index (κ3) is 3.20. The standard InChI is InChI=1S/C44H30N2/c1-45(29-22-24-30(25-23-29)46-42-20-10-5-15-36(42)37-16-6-11-21-43(37)46)31-26-27-35-34-14-4-9-19-40(34)44(41(35)28-31)38-17-7-2-12-32(38)33-13-3-8-18-39(33)44/h2-28H,1H3. The summed E-state index contributed by atoms with van der Waals surface area (Å²) in [5, 5.41) is 2.56. The van der Waals surface area contributed by atoms with Crippen LogP contribution in [0.3, 0.4) is 0 Å². The van der Waals surface area contributed by atoms with Crippen LogP contribution in [0.1, 0.15) is 22.3 Å². The molecule has 0 N–H and O–H groups in total. The minimum atomic E-state index is -0.337. The number of aromatic nitrogens is 1. The van der Waals surface area contributed by atoms with Gasteiger partial charge in [0, 0.05) is 34.9 Å². The molecule has 1 aromatic heterocycles. The maximum atomic E-state index is 2.44. The lowest BCUT2D eigenvalue weighted by molar-refractivity contribution is 0.793. The topological polar surface area (TPSA) is 8.17 Å². The van der Waals surface area contributed by atoms with Crippen LogP contribution in [-0.2, 0) is 5.41 Å². The third-order valence-corrected chi connectivity index (χ3v) is 10.4. The van der Waals surface area contributed by atoms with Crippen molar-refractivity contribution < 1.29 is 0 Å². The second-order valence-corrected chi connectivity index (χ2v) is 12.6. The predicted molar refractivity (Wildman–Crippen MR) is 192 cm³/mol. The summed E-state index contributed by atoms with van der Waals surface area (Å²) in [5.74, 6) is 0. The van der Waals surface area contributed by atoms with Crippen molar-refractivity contribution in [1.82, 2.24) is 4.57 Å². The Morgan fingerprint density at radius 2 is 0.848 bits per heavy atom. The Balaban J connectivity index is 1.11. The number of anilines is 2. The van der Waals surface area contributed by atoms with Gasteiger partial charge in [0.25, 0.3) is 0 Å². The summed E-state index contributed by atoms with van der Waals surface area (Å²) in [6.07, 6.45) is 0. The molecule has 46 heavy (non-hydrogen) atoms. The Labute approximate surface area is 268 Å². The third-order valence-electron chi connectivity index (χ3n) is 10.4. The van der Waals surface area contributed by atoms with Crippen LogP contribution in [0.25, 0.3) is 49.7 Å². The molecule has 0 amide bonds. The lowest BCUT2D eigenvalue weighted by Crippen LogP contribution is -2.26. The first-order valence-corrected chi connectivity index (χ1v) is 16.0. The molecule has 1 spiro atoms. The number of hydrogen-bond donors (Lipinski definition) is 0. The van der Waals surface area contributed by atoms with Crippen molar-refractivity contribution in [3.63, 3.8) is 0 Å². The van der Waals surface area contributed by atoms with Crippen molar-refractivity contribution in [1.29, 1.82) is 0 Å². The van der Waals surface area contributed by atoms with Gasteiger partial charge in [0.15, 0.2) is 0 Å². The van der Waals surface area contributed by atoms with Gasteiger partial charge < -0.3 is 9.47 Å². The number of nitrogens with zero attached hydrogens (tertiary/aromatic N) is 2. The fraction of sp³-hybridized carbons (Fsp3) is 0.0455. The molecule has 2 aliphatic carbocycles. The van der Waals surface area contributed by atoms with E-state index in [0.29, 0.717) is 0 Å². The molecule has 0 radical (unpaired) electrons. The summed E-state index contributed by atoms with van der Waals surface area (Å²) in [5.41, 5.74) is 16.4. The predicted octanol–water partition coefficient (Wildman–Crippen LogP) is 10.9. The van der Waals surface area contributed by atoms with Gasteiger partial charge in [-0.1, -0.05) is 115 Å². The van der Waals surface area contributed by atoms with Crippen molar-refractivity contribution in [2.75, 3.05) is 11.9 Å². The van der Waals surface area contributed by atoms with E-state index in [1.165, 1.54) is 72.0 Å². The van der Waals surface area contributed by atoms with Crippen LogP contribution in [0.4, 0.5) is 11.4 Å². The van der Waals surface area contributed by atoms with Gasteiger partial charge in [-0.2, -0.15) is 0 Å². The summed E-state index contributed by atoms with van der Waals surface area (Å²) < 4.78 is 2.37. The van der Waals surface area contributed by atoms with Gasteiger partial charge in [-0.3, -0.25) is 0 Å². The van der Waals surface area contributed by atoms with Crippen LogP contribution in [0, 0.1) is 0 Å². The van der Waals surface area contributed by atoms with E-state index in [0.717, 1.165) is 11.4 Å². The number of rotatable bonds is 3. The zero-order valence-corrected chi connectivity index (χ0v) is 25.5. The molecular formula is C44H30N2. The minimum Gasteiger partial charge on any atom is -0.345 e. The summed E-state index contributed by atoms with van der Waals surface area (Å²) in [7, 11) is 2.18. The molecule has 0 fully saturated rings. The Hall–Kier alpha value is -5.86. The van der Waals surface area contributed by atoms with Crippen molar-refractivity contribution in [2.45, 2.75) is 5.41 Å². The van der Waals surface area contributed by atoms with E-state index in [2.05, 4.69) is 180 Å². The molecule has 8 aromatic rings. The zero-order valence-electron chi connectivity index (χ0n) is 25.5. The average molecular weight is 587 g/mol. The normalized spacial score (nSPS) is 13.5. The van der Waals surface area contributed by atoms with Gasteiger partial charge in [-0.05, 0) is 93.0 Å². The largest absolute Gasteiger partial charge is 0.345 e. The van der Waals surface area contributed by atoms with Gasteiger partial charge in [0.1, 0.15) is 0 Å². The van der Waals surface area contributed by atoms with E-state index < -0.39 is 0 Å². The number of hydrogen-bond acceptors (Lipinski definition) is 1. The molecule has 0 aliphatic heterocycles. The van der Waals surface area contributed by atoms with E-state index in [1.807, 2.05) is 0 Å². The molecule has 0 bridgehead atoms. The Morgan fingerprint density at radius 1 is 0.413 bits per heavy atom. The molecule has 10 rings (SSSR count). The van der Waals surface area contributed by atoms with E-state index in [9.17, 15) is 0 Å². The van der Waals surface area contributed by atoms with Crippen LogP contribution in [0.2, 0.25) is 0 Å². The summed E-state index contributed by atoms with van der Waals surface area (Å²) >= 11 is 0. The molecule has 216 valence electrons. The van der Waals surface area contributed by atoms with Crippen LogP contribution >= 0.6 is 0 Å². The highest BCUT2D eigenvalue weighted by molar-refractivity contribution is 6.09. The fourth-order valence-electron chi connectivity index (χ4n) is 8.47. The molecule has 0 saturated heterocycles. The van der Waals surface area contributed by atoms with Crippen LogP contribution < -0.4 is 4.90 Å². The average Bonchev–Trinajstić information content (AvgIpc) is 3.73. The van der Waals surface area contributed by atoms with Gasteiger partial charge >= 0.3 is 0 Å². The molecule has 0 atom stereocenters. The molecule has 2 heteroatoms. The maximum Gasteiger partial charge on any atom is 0.0726 e. The van der Waals surface area contributed by atoms with E-state index in [1.54, 1.807) is 0 Å². The molecule has 2 nitrogen and oxygen atoms in total. The quantitative estimate of drug-likeness (QED) is 0.200. The van der Waals surface area contributed by atoms with E-state index in [4.69, 9.17) is 0 Å². The highest BCUT2D eigenvalue weighted by Gasteiger charge is 2.51. The molecule has 0 unspecified atom stereocenters. The lowest BCUT2D eigenvalue weighted by Gasteiger charge is -2.31. The first-order valence-electron chi connectivity index (χ1n) is 16.0. The van der Waals surface area contributed by atoms with Crippen LogP contribution in [0.15, 0.2) is 164 Å². The van der Waals surface area contributed by atoms with Crippen molar-refractivity contribution in [2.24, 2.45) is 0 Å². The van der Waals surface area contributed by atoms with Crippen molar-refractivity contribution in [3.8, 4) is 27.9 Å². The minimum absolute atomic E-state index is 0.337. The highest BCUT2D eigenvalue weighted by atomic mass is 15.1. The SMILES string of the molecule is CN(c1ccc(-n2c3ccccc3c3ccccc32)cc1)c1ccc2c(c1)C1(c3ccccc3-c3ccccc31)c1ccccc1-2. The van der Waals surface area contributed by atoms with Gasteiger partial charge in [0.2, 0.25) is 0 Å². The first kappa shape index (κ1) is 25.5. The zero-order chi connectivity index (χ0) is 30.4. The molecule has 2 aliphatic rings. The number of fused-ring (bicyclic) bond motifs is 13. The molecule has 1 heterocycles. The number of benzene rings is 7. The van der Waals surface area contributed by atoms with E-state index in [-0.39, 0.29) is 5.41 Å². The van der Waals surface area contributed by atoms with Crippen molar-refractivity contribution >= 4 is 33.2 Å². The Kier molecular flexibility index (Phi) is 5.16. The fourth-order valence-corrected chi connectivity index (χ4v) is 8.47. The first-order chi connectivity index (χ1) is 22.7. The second-order valence-electron chi connectivity index (χ2n) is 12.6. The Bertz CT molecular complexity index is 2380. The molecule has 0 saturated carbocycles. The summed E-state index contributed by atoms with van der Waals surface area (Å²) in [6.45, 7) is 0. The smallest absolute Gasteiger partial charge is 0.0726 e. The van der Waals surface area contributed by atoms with Gasteiger partial charge in [0.05, 0.1) is 16.4 Å². The molecular weight excluding hydrogens is 556 g/mol.